The van der Waals surface area contributed by atoms with E-state index in [2.05, 4.69) is 30.8 Å². The Balaban J connectivity index is 1.36. The molecule has 1 aliphatic rings. The average molecular weight is 492 g/mol. The van der Waals surface area contributed by atoms with Crippen LogP contribution in [-0.4, -0.2) is 5.92 Å². The third-order valence-corrected chi connectivity index (χ3v) is 7.29. The molecule has 3 aromatic carbocycles. The van der Waals surface area contributed by atoms with Gasteiger partial charge in [-0.2, -0.15) is 5.26 Å². The molecule has 1 aliphatic carbocycles. The van der Waals surface area contributed by atoms with E-state index < -0.39 is 29.0 Å². The second-order valence-corrected chi connectivity index (χ2v) is 9.68. The summed E-state index contributed by atoms with van der Waals surface area (Å²) in [6, 6.07) is 18.5. The van der Waals surface area contributed by atoms with E-state index in [9.17, 15) is 8.78 Å². The number of aryl methyl sites for hydroxylation is 1. The van der Waals surface area contributed by atoms with Gasteiger partial charge in [-0.25, -0.2) is 17.6 Å². The van der Waals surface area contributed by atoms with Gasteiger partial charge in [0.2, 0.25) is 0 Å². The molecular formula is C31H29F4N. The summed E-state index contributed by atoms with van der Waals surface area (Å²) in [5.41, 5.74) is 3.10. The molecule has 36 heavy (non-hydrogen) atoms. The quantitative estimate of drug-likeness (QED) is 0.228. The van der Waals surface area contributed by atoms with Gasteiger partial charge in [0, 0.05) is 12.3 Å². The van der Waals surface area contributed by atoms with Gasteiger partial charge >= 0.3 is 0 Å². The zero-order chi connectivity index (χ0) is 25.7. The van der Waals surface area contributed by atoms with Crippen LogP contribution in [0.2, 0.25) is 0 Å². The Morgan fingerprint density at radius 2 is 1.44 bits per heavy atom. The summed E-state index contributed by atoms with van der Waals surface area (Å²) in [6.45, 7) is 3.75. The number of nitrogens with zero attached hydrogens (tertiary/aromatic N) is 1. The predicted molar refractivity (Wildman–Crippen MR) is 135 cm³/mol. The first-order valence-corrected chi connectivity index (χ1v) is 12.4. The predicted octanol–water partition coefficient (Wildman–Crippen LogP) is 8.77. The topological polar surface area (TPSA) is 23.8 Å². The molecule has 0 spiro atoms. The van der Waals surface area contributed by atoms with Gasteiger partial charge in [-0.05, 0) is 84.4 Å². The Labute approximate surface area is 210 Å². The first-order valence-electron chi connectivity index (χ1n) is 12.4. The van der Waals surface area contributed by atoms with Crippen LogP contribution < -0.4 is 0 Å². The van der Waals surface area contributed by atoms with Crippen molar-refractivity contribution in [3.8, 4) is 17.2 Å². The largest absolute Gasteiger partial charge is 0.254 e. The van der Waals surface area contributed by atoms with E-state index in [0.717, 1.165) is 37.8 Å². The average Bonchev–Trinajstić information content (AvgIpc) is 2.88. The molecule has 0 heterocycles. The summed E-state index contributed by atoms with van der Waals surface area (Å²) in [4.78, 5) is 0. The highest BCUT2D eigenvalue weighted by atomic mass is 19.3. The Morgan fingerprint density at radius 3 is 2.00 bits per heavy atom. The van der Waals surface area contributed by atoms with Crippen LogP contribution in [0, 0.1) is 28.9 Å². The van der Waals surface area contributed by atoms with Crippen molar-refractivity contribution in [2.45, 2.75) is 56.8 Å². The molecule has 0 bridgehead atoms. The number of alkyl halides is 2. The van der Waals surface area contributed by atoms with Gasteiger partial charge in [0.05, 0.1) is 0 Å². The maximum Gasteiger partial charge on any atom is 0.254 e. The van der Waals surface area contributed by atoms with Crippen LogP contribution in [0.25, 0.3) is 11.1 Å². The van der Waals surface area contributed by atoms with E-state index in [1.807, 2.05) is 6.08 Å². The number of nitriles is 1. The van der Waals surface area contributed by atoms with Crippen LogP contribution in [0.15, 0.2) is 73.3 Å². The summed E-state index contributed by atoms with van der Waals surface area (Å²) >= 11 is 0. The van der Waals surface area contributed by atoms with Crippen LogP contribution in [0.3, 0.4) is 0 Å². The van der Waals surface area contributed by atoms with Crippen molar-refractivity contribution in [3.05, 3.63) is 107 Å². The van der Waals surface area contributed by atoms with Crippen LogP contribution in [0.4, 0.5) is 17.6 Å². The minimum absolute atomic E-state index is 0.259. The fourth-order valence-electron chi connectivity index (χ4n) is 5.15. The van der Waals surface area contributed by atoms with Crippen molar-refractivity contribution in [1.29, 1.82) is 5.26 Å². The van der Waals surface area contributed by atoms with Crippen molar-refractivity contribution in [3.63, 3.8) is 0 Å². The lowest BCUT2D eigenvalue weighted by Gasteiger charge is -2.34. The molecule has 0 N–H and O–H groups in total. The molecule has 1 fully saturated rings. The smallest absolute Gasteiger partial charge is 0.206 e. The third-order valence-electron chi connectivity index (χ3n) is 7.29. The van der Waals surface area contributed by atoms with Crippen LogP contribution in [-0.2, 0) is 12.8 Å². The van der Waals surface area contributed by atoms with Gasteiger partial charge < -0.3 is 0 Å². The minimum atomic E-state index is -2.83. The molecule has 0 aromatic heterocycles. The fourth-order valence-corrected chi connectivity index (χ4v) is 5.15. The summed E-state index contributed by atoms with van der Waals surface area (Å²) in [5.74, 6) is -5.06. The van der Waals surface area contributed by atoms with Gasteiger partial charge in [0.15, 0.2) is 0 Å². The summed E-state index contributed by atoms with van der Waals surface area (Å²) in [5, 5.41) is 8.82. The minimum Gasteiger partial charge on any atom is -0.206 e. The molecule has 186 valence electrons. The number of rotatable bonds is 8. The molecule has 0 amide bonds. The molecule has 0 saturated heterocycles. The van der Waals surface area contributed by atoms with E-state index in [-0.39, 0.29) is 12.0 Å². The number of benzene rings is 3. The summed E-state index contributed by atoms with van der Waals surface area (Å²) in [7, 11) is 0. The first-order chi connectivity index (χ1) is 17.3. The first kappa shape index (κ1) is 25.7. The lowest BCUT2D eigenvalue weighted by Crippen LogP contribution is -2.33. The summed E-state index contributed by atoms with van der Waals surface area (Å²) < 4.78 is 58.2. The molecule has 0 radical (unpaired) electrons. The zero-order valence-corrected chi connectivity index (χ0v) is 20.1. The summed E-state index contributed by atoms with van der Waals surface area (Å²) in [6.07, 6.45) is 5.91. The van der Waals surface area contributed by atoms with Crippen LogP contribution in [0.1, 0.15) is 60.3 Å². The molecule has 5 heteroatoms. The van der Waals surface area contributed by atoms with Crippen LogP contribution >= 0.6 is 0 Å². The highest BCUT2D eigenvalue weighted by Crippen LogP contribution is 2.43. The van der Waals surface area contributed by atoms with E-state index in [1.54, 1.807) is 24.3 Å². The van der Waals surface area contributed by atoms with Crippen molar-refractivity contribution in [1.82, 2.24) is 0 Å². The maximum absolute atomic E-state index is 15.2. The van der Waals surface area contributed by atoms with Gasteiger partial charge in [0.25, 0.3) is 5.92 Å². The Morgan fingerprint density at radius 1 is 0.861 bits per heavy atom. The van der Waals surface area contributed by atoms with E-state index in [0.29, 0.717) is 29.9 Å². The highest BCUT2D eigenvalue weighted by molar-refractivity contribution is 5.65. The second-order valence-electron chi connectivity index (χ2n) is 9.68. The number of halogens is 4. The van der Waals surface area contributed by atoms with Crippen molar-refractivity contribution in [2.75, 3.05) is 0 Å². The number of allylic oxidation sites excluding steroid dienone is 1. The zero-order valence-electron chi connectivity index (χ0n) is 20.1. The Kier molecular flexibility index (Phi) is 7.94. The molecule has 1 saturated carbocycles. The Bertz CT molecular complexity index is 1210. The molecule has 0 atom stereocenters. The molecule has 0 aliphatic heterocycles. The van der Waals surface area contributed by atoms with Crippen LogP contribution in [0.5, 0.6) is 0 Å². The fraction of sp³-hybridized carbons (Fsp3) is 0.323. The molecule has 4 rings (SSSR count). The van der Waals surface area contributed by atoms with Gasteiger partial charge in [0.1, 0.15) is 23.3 Å². The molecular weight excluding hydrogens is 462 g/mol. The van der Waals surface area contributed by atoms with Crippen molar-refractivity contribution in [2.24, 2.45) is 5.92 Å². The van der Waals surface area contributed by atoms with Crippen molar-refractivity contribution >= 4 is 0 Å². The molecule has 1 nitrogen and oxygen atoms in total. The van der Waals surface area contributed by atoms with Crippen molar-refractivity contribution < 1.29 is 17.6 Å². The normalized spacial score (nSPS) is 18.0. The molecule has 0 unspecified atom stereocenters. The standard InChI is InChI=1S/C31H29F4N/c1-2-3-4-21-5-9-23(10-6-21)24-13-15-27(16-14-24)31(34,35)19-22-7-11-25(12-8-22)26-17-29(32)28(20-36)30(33)18-26/h2,5-12,17-18,24,27H,1,3-4,13-16,19H2. The number of hydrogen-bond acceptors (Lipinski definition) is 1. The van der Waals surface area contributed by atoms with E-state index >= 15 is 8.78 Å². The lowest BCUT2D eigenvalue weighted by molar-refractivity contribution is -0.0715. The van der Waals surface area contributed by atoms with E-state index in [4.69, 9.17) is 5.26 Å². The SMILES string of the molecule is C=CCCc1ccc(C2CCC(C(F)(F)Cc3ccc(-c4cc(F)c(C#N)c(F)c4)cc3)CC2)cc1. The second kappa shape index (κ2) is 11.1. The van der Waals surface area contributed by atoms with E-state index in [1.165, 1.54) is 17.2 Å². The molecule has 3 aromatic rings. The third kappa shape index (κ3) is 5.87. The van der Waals surface area contributed by atoms with Gasteiger partial charge in [-0.1, -0.05) is 54.6 Å². The van der Waals surface area contributed by atoms with Gasteiger partial charge in [-0.3, -0.25) is 0 Å². The number of hydrogen-bond donors (Lipinski definition) is 0. The monoisotopic (exact) mass is 491 g/mol. The maximum atomic E-state index is 15.2. The lowest BCUT2D eigenvalue weighted by atomic mass is 9.75. The Hall–Kier alpha value is -3.39. The van der Waals surface area contributed by atoms with Gasteiger partial charge in [-0.15, -0.1) is 6.58 Å². The highest BCUT2D eigenvalue weighted by Gasteiger charge is 2.41.